The second kappa shape index (κ2) is 8.11. The summed E-state index contributed by atoms with van der Waals surface area (Å²) in [6.45, 7) is 1.76. The Morgan fingerprint density at radius 3 is 2.37 bits per heavy atom. The number of nitrogens with zero attached hydrogens (tertiary/aromatic N) is 1. The number of ether oxygens (including phenoxy) is 1. The van der Waals surface area contributed by atoms with E-state index < -0.39 is 23.7 Å². The van der Waals surface area contributed by atoms with E-state index in [4.69, 9.17) is 11.6 Å². The van der Waals surface area contributed by atoms with Crippen molar-refractivity contribution in [3.8, 4) is 0 Å². The van der Waals surface area contributed by atoms with Gasteiger partial charge in [-0.15, -0.1) is 0 Å². The van der Waals surface area contributed by atoms with Crippen molar-refractivity contribution in [1.82, 2.24) is 10.3 Å². The Morgan fingerprint density at radius 1 is 1.13 bits per heavy atom. The summed E-state index contributed by atoms with van der Waals surface area (Å²) in [4.78, 5) is 29.0. The normalized spacial score (nSPS) is 13.5. The second-order valence-corrected chi connectivity index (χ2v) is 7.73. The lowest BCUT2D eigenvalue weighted by Crippen LogP contribution is -2.69. The number of hydrogen-bond acceptors (Lipinski definition) is 6. The summed E-state index contributed by atoms with van der Waals surface area (Å²) in [6, 6.07) is 10.3. The van der Waals surface area contributed by atoms with Gasteiger partial charge in [-0.2, -0.15) is 13.2 Å². The number of amides is 1. The van der Waals surface area contributed by atoms with Crippen LogP contribution in [0.15, 0.2) is 42.5 Å². The maximum Gasteiger partial charge on any atom is 0.442 e. The molecule has 0 radical (unpaired) electrons. The van der Waals surface area contributed by atoms with E-state index in [9.17, 15) is 22.8 Å². The van der Waals surface area contributed by atoms with Crippen LogP contribution in [-0.4, -0.2) is 35.8 Å². The topological polar surface area (TPSA) is 80.3 Å². The quantitative estimate of drug-likeness (QED) is 0.434. The molecule has 2 aromatic carbocycles. The number of halogens is 4. The average Bonchev–Trinajstić information content (AvgIpc) is 3.10. The first-order valence-electron chi connectivity index (χ1n) is 8.45. The van der Waals surface area contributed by atoms with Gasteiger partial charge in [0, 0.05) is 10.6 Å². The van der Waals surface area contributed by atoms with Gasteiger partial charge in [0.25, 0.3) is 5.91 Å². The van der Waals surface area contributed by atoms with Crippen LogP contribution in [0.1, 0.15) is 15.9 Å². The molecule has 0 saturated heterocycles. The SMILES string of the molecule is COC(=O)[C@](NC(=O)c1ccc(Cl)cc1)(Nc1nc2c(C)cccc2s1)C(F)(F)F. The van der Waals surface area contributed by atoms with Crippen LogP contribution in [0.3, 0.4) is 0 Å². The Morgan fingerprint density at radius 2 is 1.80 bits per heavy atom. The first-order valence-corrected chi connectivity index (χ1v) is 9.64. The van der Waals surface area contributed by atoms with E-state index in [1.807, 2.05) is 0 Å². The van der Waals surface area contributed by atoms with Crippen molar-refractivity contribution in [1.29, 1.82) is 0 Å². The fraction of sp³-hybridized carbons (Fsp3) is 0.211. The summed E-state index contributed by atoms with van der Waals surface area (Å²) < 4.78 is 47.5. The molecular formula is C19H15ClF3N3O3S. The number of nitrogens with one attached hydrogen (secondary N) is 2. The molecule has 0 aliphatic heterocycles. The van der Waals surface area contributed by atoms with E-state index in [1.54, 1.807) is 30.4 Å². The van der Waals surface area contributed by atoms with Crippen LogP contribution in [0.4, 0.5) is 18.3 Å². The van der Waals surface area contributed by atoms with Crippen LogP contribution in [0.5, 0.6) is 0 Å². The highest BCUT2D eigenvalue weighted by Gasteiger charge is 2.64. The number of alkyl halides is 3. The molecule has 0 aliphatic rings. The molecule has 3 rings (SSSR count). The van der Waals surface area contributed by atoms with Gasteiger partial charge in [-0.1, -0.05) is 35.1 Å². The lowest BCUT2D eigenvalue weighted by atomic mass is 10.1. The molecule has 11 heteroatoms. The van der Waals surface area contributed by atoms with E-state index in [1.165, 1.54) is 24.3 Å². The van der Waals surface area contributed by atoms with Gasteiger partial charge in [0.05, 0.1) is 17.3 Å². The highest BCUT2D eigenvalue weighted by Crippen LogP contribution is 2.36. The number of carbonyl (C=O) groups excluding carboxylic acids is 2. The second-order valence-electron chi connectivity index (χ2n) is 6.27. The fourth-order valence-corrected chi connectivity index (χ4v) is 3.81. The van der Waals surface area contributed by atoms with Gasteiger partial charge in [-0.25, -0.2) is 9.78 Å². The van der Waals surface area contributed by atoms with Gasteiger partial charge in [-0.05, 0) is 42.8 Å². The van der Waals surface area contributed by atoms with Gasteiger partial charge in [0.2, 0.25) is 0 Å². The Labute approximate surface area is 178 Å². The van der Waals surface area contributed by atoms with Gasteiger partial charge >= 0.3 is 17.8 Å². The standard InChI is InChI=1S/C19H15ClF3N3O3S/c1-10-4-3-5-13-14(10)24-17(30-13)26-18(16(28)29-2,19(21,22)23)25-15(27)11-6-8-12(20)9-7-11/h3-9H,1-2H3,(H,24,26)(H,25,27)/t18-/m0/s1. The molecule has 0 fully saturated rings. The van der Waals surface area contributed by atoms with Crippen molar-refractivity contribution in [3.63, 3.8) is 0 Å². The Hall–Kier alpha value is -2.85. The van der Waals surface area contributed by atoms with Crippen LogP contribution in [0, 0.1) is 6.92 Å². The number of rotatable bonds is 5. The molecule has 3 aromatic rings. The van der Waals surface area contributed by atoms with Crippen LogP contribution < -0.4 is 10.6 Å². The molecule has 1 heterocycles. The van der Waals surface area contributed by atoms with E-state index in [-0.39, 0.29) is 10.7 Å². The van der Waals surface area contributed by atoms with Crippen molar-refractivity contribution in [2.24, 2.45) is 0 Å². The highest BCUT2D eigenvalue weighted by atomic mass is 35.5. The number of carbonyl (C=O) groups is 2. The number of benzene rings is 2. The zero-order chi connectivity index (χ0) is 22.1. The molecule has 158 valence electrons. The monoisotopic (exact) mass is 457 g/mol. The van der Waals surface area contributed by atoms with Gasteiger partial charge in [-0.3, -0.25) is 4.79 Å². The largest absolute Gasteiger partial charge is 0.466 e. The fourth-order valence-electron chi connectivity index (χ4n) is 2.69. The van der Waals surface area contributed by atoms with Crippen molar-refractivity contribution < 1.29 is 27.5 Å². The van der Waals surface area contributed by atoms with E-state index in [0.717, 1.165) is 24.0 Å². The maximum absolute atomic E-state index is 14.2. The minimum Gasteiger partial charge on any atom is -0.466 e. The van der Waals surface area contributed by atoms with Crippen LogP contribution in [0.25, 0.3) is 10.2 Å². The smallest absolute Gasteiger partial charge is 0.442 e. The first-order chi connectivity index (χ1) is 14.1. The van der Waals surface area contributed by atoms with Crippen LogP contribution in [-0.2, 0) is 9.53 Å². The lowest BCUT2D eigenvalue weighted by molar-refractivity contribution is -0.203. The number of methoxy groups -OCH3 is 1. The Balaban J connectivity index is 2.06. The van der Waals surface area contributed by atoms with E-state index in [0.29, 0.717) is 15.2 Å². The Kier molecular flexibility index (Phi) is 5.91. The number of para-hydroxylation sites is 1. The van der Waals surface area contributed by atoms with Gasteiger partial charge in [0.15, 0.2) is 5.13 Å². The third kappa shape index (κ3) is 4.05. The van der Waals surface area contributed by atoms with Crippen molar-refractivity contribution in [3.05, 3.63) is 58.6 Å². The third-order valence-corrected chi connectivity index (χ3v) is 5.43. The number of anilines is 1. The predicted octanol–water partition coefficient (Wildman–Crippen LogP) is 4.53. The van der Waals surface area contributed by atoms with Crippen molar-refractivity contribution >= 4 is 50.2 Å². The van der Waals surface area contributed by atoms with Crippen LogP contribution >= 0.6 is 22.9 Å². The molecule has 1 aromatic heterocycles. The highest BCUT2D eigenvalue weighted by molar-refractivity contribution is 7.22. The third-order valence-electron chi connectivity index (χ3n) is 4.24. The molecule has 0 aliphatic carbocycles. The summed E-state index contributed by atoms with van der Waals surface area (Å²) >= 11 is 6.66. The van der Waals surface area contributed by atoms with Crippen molar-refractivity contribution in [2.45, 2.75) is 18.8 Å². The lowest BCUT2D eigenvalue weighted by Gasteiger charge is -2.34. The maximum atomic E-state index is 14.2. The first kappa shape index (κ1) is 21.8. The molecule has 0 bridgehead atoms. The zero-order valence-corrected chi connectivity index (χ0v) is 17.2. The summed E-state index contributed by atoms with van der Waals surface area (Å²) in [5.41, 5.74) is -2.45. The molecule has 6 nitrogen and oxygen atoms in total. The summed E-state index contributed by atoms with van der Waals surface area (Å²) in [6.07, 6.45) is -5.25. The molecule has 0 saturated carbocycles. The van der Waals surface area contributed by atoms with E-state index in [2.05, 4.69) is 15.0 Å². The summed E-state index contributed by atoms with van der Waals surface area (Å²) in [7, 11) is 0.793. The zero-order valence-electron chi connectivity index (χ0n) is 15.6. The van der Waals surface area contributed by atoms with E-state index >= 15 is 0 Å². The number of esters is 1. The van der Waals surface area contributed by atoms with Crippen molar-refractivity contribution in [2.75, 3.05) is 12.4 Å². The number of hydrogen-bond donors (Lipinski definition) is 2. The number of aromatic nitrogens is 1. The summed E-state index contributed by atoms with van der Waals surface area (Å²) in [5.74, 6) is -2.90. The van der Waals surface area contributed by atoms with Gasteiger partial charge in [0.1, 0.15) is 0 Å². The predicted molar refractivity (Wildman–Crippen MR) is 108 cm³/mol. The number of fused-ring (bicyclic) bond motifs is 1. The number of thiazole rings is 1. The molecule has 0 unspecified atom stereocenters. The molecule has 0 spiro atoms. The Bertz CT molecular complexity index is 1100. The minimum atomic E-state index is -5.25. The molecule has 30 heavy (non-hydrogen) atoms. The minimum absolute atomic E-state index is 0.126. The number of aryl methyl sites for hydroxylation is 1. The molecular weight excluding hydrogens is 443 g/mol. The van der Waals surface area contributed by atoms with Gasteiger partial charge < -0.3 is 15.4 Å². The molecule has 1 amide bonds. The summed E-state index contributed by atoms with van der Waals surface area (Å²) in [5, 5.41) is 3.89. The molecule has 1 atom stereocenters. The van der Waals surface area contributed by atoms with Crippen LogP contribution in [0.2, 0.25) is 5.02 Å². The average molecular weight is 458 g/mol. The molecule has 2 N–H and O–H groups in total.